The van der Waals surface area contributed by atoms with Crippen LogP contribution >= 0.6 is 10.6 Å². The van der Waals surface area contributed by atoms with Crippen LogP contribution in [-0.2, 0) is 20.8 Å². The summed E-state index contributed by atoms with van der Waals surface area (Å²) in [6, 6.07) is 11.3. The standard InChI is InChI=1S/C25H31N3O8S/c1-27(24(31)10-16-5-6-22-20(9-16)26-23(30)15-37(22,34)35)21(13-28-8-7-18(29)12-28)17-3-2-4-19(11-17)36-14-25(32)33/h2-6,9,11,18,21,29,34-35H,7-8,10,12-15H2,1H3,(H,26,30)(H,32,33)/t18?,21-/m1/s1. The van der Waals surface area contributed by atoms with Crippen molar-refractivity contribution in [2.24, 2.45) is 0 Å². The molecule has 1 fully saturated rings. The molecule has 2 heterocycles. The summed E-state index contributed by atoms with van der Waals surface area (Å²) < 4.78 is 25.8. The van der Waals surface area contributed by atoms with Gasteiger partial charge in [-0.05, 0) is 41.8 Å². The number of amides is 2. The largest absolute Gasteiger partial charge is 0.482 e. The zero-order valence-electron chi connectivity index (χ0n) is 20.4. The number of fused-ring (bicyclic) bond motifs is 1. The van der Waals surface area contributed by atoms with Crippen LogP contribution in [0.1, 0.15) is 23.6 Å². The number of aliphatic hydroxyl groups is 1. The lowest BCUT2D eigenvalue weighted by Gasteiger charge is -2.37. The molecule has 5 N–H and O–H groups in total. The van der Waals surface area contributed by atoms with Gasteiger partial charge in [-0.2, -0.15) is 10.6 Å². The average molecular weight is 534 g/mol. The number of ether oxygens (including phenoxy) is 1. The first-order chi connectivity index (χ1) is 17.5. The molecule has 0 aromatic heterocycles. The molecule has 1 unspecified atom stereocenters. The second-order valence-electron chi connectivity index (χ2n) is 9.34. The Labute approximate surface area is 216 Å². The summed E-state index contributed by atoms with van der Waals surface area (Å²) in [6.07, 6.45) is 0.226. The molecule has 11 nitrogen and oxygen atoms in total. The smallest absolute Gasteiger partial charge is 0.341 e. The van der Waals surface area contributed by atoms with Crippen molar-refractivity contribution in [3.63, 3.8) is 0 Å². The number of aliphatic hydroxyl groups excluding tert-OH is 1. The summed E-state index contributed by atoms with van der Waals surface area (Å²) in [7, 11) is -1.53. The van der Waals surface area contributed by atoms with Gasteiger partial charge in [-0.15, -0.1) is 0 Å². The van der Waals surface area contributed by atoms with E-state index in [1.54, 1.807) is 42.3 Å². The Bertz CT molecular complexity index is 1190. The molecule has 0 saturated carbocycles. The van der Waals surface area contributed by atoms with E-state index in [9.17, 15) is 28.6 Å². The normalized spacial score (nSPS) is 20.4. The molecular weight excluding hydrogens is 502 g/mol. The summed E-state index contributed by atoms with van der Waals surface area (Å²) in [6.45, 7) is 1.15. The first-order valence-corrected chi connectivity index (χ1v) is 13.5. The Morgan fingerprint density at radius 1 is 1.24 bits per heavy atom. The molecule has 2 amide bonds. The maximum absolute atomic E-state index is 13.4. The van der Waals surface area contributed by atoms with Crippen LogP contribution in [0.25, 0.3) is 0 Å². The number of likely N-dealkylation sites (N-methyl/N-ethyl adjacent to an activating group) is 1. The van der Waals surface area contributed by atoms with Gasteiger partial charge >= 0.3 is 5.97 Å². The minimum Gasteiger partial charge on any atom is -0.482 e. The minimum atomic E-state index is -3.22. The van der Waals surface area contributed by atoms with Gasteiger partial charge in [0, 0.05) is 26.7 Å². The summed E-state index contributed by atoms with van der Waals surface area (Å²) in [5.74, 6) is -1.82. The molecule has 0 aliphatic carbocycles. The number of hydrogen-bond acceptors (Lipinski definition) is 8. The van der Waals surface area contributed by atoms with Crippen molar-refractivity contribution in [1.82, 2.24) is 9.80 Å². The number of likely N-dealkylation sites (tertiary alicyclic amines) is 1. The Hall–Kier alpha value is -3.16. The first-order valence-electron chi connectivity index (χ1n) is 11.8. The number of aliphatic carboxylic acids is 1. The third-order valence-electron chi connectivity index (χ3n) is 6.50. The molecule has 4 rings (SSSR count). The maximum Gasteiger partial charge on any atom is 0.341 e. The lowest BCUT2D eigenvalue weighted by Crippen LogP contribution is -2.39. The number of hydrogen-bond donors (Lipinski definition) is 5. The third-order valence-corrected chi connectivity index (χ3v) is 8.23. The van der Waals surface area contributed by atoms with Crippen molar-refractivity contribution in [1.29, 1.82) is 0 Å². The molecule has 2 aromatic rings. The molecule has 0 spiro atoms. The van der Waals surface area contributed by atoms with Gasteiger partial charge < -0.3 is 25.2 Å². The Morgan fingerprint density at radius 2 is 2.03 bits per heavy atom. The van der Waals surface area contributed by atoms with Crippen molar-refractivity contribution in [3.05, 3.63) is 53.6 Å². The number of anilines is 1. The fourth-order valence-electron chi connectivity index (χ4n) is 4.62. The van der Waals surface area contributed by atoms with Gasteiger partial charge in [0.2, 0.25) is 11.8 Å². The highest BCUT2D eigenvalue weighted by Crippen LogP contribution is 2.53. The number of β-amino-alcohol motifs (C(OH)–C–C–N with tert-alkyl or cyclic N) is 1. The number of nitrogens with one attached hydrogen (secondary N) is 1. The molecule has 12 heteroatoms. The van der Waals surface area contributed by atoms with E-state index in [1.165, 1.54) is 6.07 Å². The van der Waals surface area contributed by atoms with Crippen molar-refractivity contribution in [2.45, 2.75) is 29.9 Å². The lowest BCUT2D eigenvalue weighted by molar-refractivity contribution is -0.139. The summed E-state index contributed by atoms with van der Waals surface area (Å²) >= 11 is 0. The Morgan fingerprint density at radius 3 is 2.73 bits per heavy atom. The second-order valence-corrected chi connectivity index (χ2v) is 11.4. The summed E-state index contributed by atoms with van der Waals surface area (Å²) in [5, 5.41) is 21.5. The zero-order valence-corrected chi connectivity index (χ0v) is 21.2. The van der Waals surface area contributed by atoms with Gasteiger partial charge in [-0.1, -0.05) is 18.2 Å². The Balaban J connectivity index is 1.55. The van der Waals surface area contributed by atoms with Crippen molar-refractivity contribution in [2.75, 3.05) is 44.4 Å². The van der Waals surface area contributed by atoms with Crippen LogP contribution in [-0.4, -0.2) is 92.0 Å². The molecule has 2 aromatic carbocycles. The highest BCUT2D eigenvalue weighted by Gasteiger charge is 2.31. The predicted octanol–water partition coefficient (Wildman–Crippen LogP) is 2.02. The third kappa shape index (κ3) is 6.59. The number of benzene rings is 2. The highest BCUT2D eigenvalue weighted by atomic mass is 32.3. The van der Waals surface area contributed by atoms with E-state index in [0.29, 0.717) is 37.4 Å². The monoisotopic (exact) mass is 533 g/mol. The van der Waals surface area contributed by atoms with E-state index in [1.807, 2.05) is 6.07 Å². The average Bonchev–Trinajstić information content (AvgIpc) is 3.24. The minimum absolute atomic E-state index is 0.00711. The summed E-state index contributed by atoms with van der Waals surface area (Å²) in [5.41, 5.74) is 1.64. The SMILES string of the molecule is CN(C(=O)Cc1ccc2c(c1)NC(=O)CS2(O)O)[C@H](CN1CCC(O)C1)c1cccc(OCC(=O)O)c1. The van der Waals surface area contributed by atoms with Gasteiger partial charge in [0.25, 0.3) is 0 Å². The van der Waals surface area contributed by atoms with E-state index < -0.39 is 41.2 Å². The van der Waals surface area contributed by atoms with Crippen LogP contribution in [0.2, 0.25) is 0 Å². The van der Waals surface area contributed by atoms with Gasteiger partial charge in [0.1, 0.15) is 11.5 Å². The number of carboxylic acid groups (broad SMARTS) is 1. The zero-order chi connectivity index (χ0) is 26.7. The molecule has 1 saturated heterocycles. The molecule has 2 atom stereocenters. The van der Waals surface area contributed by atoms with Crippen molar-refractivity contribution >= 4 is 34.1 Å². The number of carboxylic acids is 1. The van der Waals surface area contributed by atoms with Crippen LogP contribution in [0.15, 0.2) is 47.4 Å². The quantitative estimate of drug-likeness (QED) is 0.325. The van der Waals surface area contributed by atoms with Crippen molar-refractivity contribution in [3.8, 4) is 5.75 Å². The van der Waals surface area contributed by atoms with Crippen LogP contribution in [0.4, 0.5) is 5.69 Å². The molecule has 200 valence electrons. The van der Waals surface area contributed by atoms with Crippen molar-refractivity contribution < 1.29 is 38.4 Å². The van der Waals surface area contributed by atoms with Gasteiger partial charge in [-0.25, -0.2) is 4.79 Å². The topological polar surface area (TPSA) is 160 Å². The van der Waals surface area contributed by atoms with E-state index in [-0.39, 0.29) is 28.7 Å². The molecule has 0 radical (unpaired) electrons. The van der Waals surface area contributed by atoms with E-state index in [4.69, 9.17) is 9.84 Å². The fourth-order valence-corrected chi connectivity index (χ4v) is 5.96. The maximum atomic E-state index is 13.4. The van der Waals surface area contributed by atoms with Crippen LogP contribution in [0.3, 0.4) is 0 Å². The molecule has 2 aliphatic heterocycles. The number of rotatable bonds is 9. The molecule has 2 aliphatic rings. The number of nitrogens with zero attached hydrogens (tertiary/aromatic N) is 2. The number of carbonyl (C=O) groups excluding carboxylic acids is 2. The van der Waals surface area contributed by atoms with E-state index >= 15 is 0 Å². The molecular formula is C25H31N3O8S. The van der Waals surface area contributed by atoms with Crippen LogP contribution < -0.4 is 10.1 Å². The van der Waals surface area contributed by atoms with Crippen LogP contribution in [0, 0.1) is 0 Å². The summed E-state index contributed by atoms with van der Waals surface area (Å²) in [4.78, 5) is 40.1. The molecule has 0 bridgehead atoms. The van der Waals surface area contributed by atoms with E-state index in [0.717, 1.165) is 5.56 Å². The van der Waals surface area contributed by atoms with Gasteiger partial charge in [-0.3, -0.25) is 23.6 Å². The lowest BCUT2D eigenvalue weighted by atomic mass is 10.0. The van der Waals surface area contributed by atoms with Gasteiger partial charge in [0.15, 0.2) is 6.61 Å². The second kappa shape index (κ2) is 11.1. The van der Waals surface area contributed by atoms with Gasteiger partial charge in [0.05, 0.1) is 29.1 Å². The van der Waals surface area contributed by atoms with Crippen LogP contribution in [0.5, 0.6) is 5.75 Å². The fraction of sp³-hybridized carbons (Fsp3) is 0.400. The Kier molecular flexibility index (Phi) is 8.05. The molecule has 37 heavy (non-hydrogen) atoms. The number of carbonyl (C=O) groups is 3. The first kappa shape index (κ1) is 26.9. The van der Waals surface area contributed by atoms with E-state index in [2.05, 4.69) is 10.2 Å². The highest BCUT2D eigenvalue weighted by molar-refractivity contribution is 8.25. The predicted molar refractivity (Wildman–Crippen MR) is 137 cm³/mol.